The Bertz CT molecular complexity index is 643. The summed E-state index contributed by atoms with van der Waals surface area (Å²) in [5.41, 5.74) is 2.29. The highest BCUT2D eigenvalue weighted by atomic mass is 16.5. The molecule has 0 saturated carbocycles. The molecular formula is C19H22N2O2. The van der Waals surface area contributed by atoms with E-state index < -0.39 is 0 Å². The van der Waals surface area contributed by atoms with Gasteiger partial charge >= 0.3 is 6.03 Å². The summed E-state index contributed by atoms with van der Waals surface area (Å²) in [4.78, 5) is 14.2. The number of aryl methyl sites for hydroxylation is 1. The number of hydrogen-bond donors (Lipinski definition) is 1. The number of ether oxygens (including phenoxy) is 1. The first-order chi connectivity index (χ1) is 11.3. The molecule has 0 atom stereocenters. The van der Waals surface area contributed by atoms with Crippen molar-refractivity contribution in [2.75, 3.05) is 24.6 Å². The number of carbonyl (C=O) groups is 1. The van der Waals surface area contributed by atoms with Gasteiger partial charge in [-0.3, -0.25) is 4.90 Å². The third-order valence-corrected chi connectivity index (χ3v) is 3.96. The first kappa shape index (κ1) is 15.4. The van der Waals surface area contributed by atoms with Crippen LogP contribution in [0.2, 0.25) is 0 Å². The quantitative estimate of drug-likeness (QED) is 0.857. The van der Waals surface area contributed by atoms with Crippen LogP contribution >= 0.6 is 0 Å². The summed E-state index contributed by atoms with van der Waals surface area (Å²) < 4.78 is 5.62. The van der Waals surface area contributed by atoms with Gasteiger partial charge in [-0.05, 0) is 43.0 Å². The van der Waals surface area contributed by atoms with Crippen LogP contribution in [-0.4, -0.2) is 25.7 Å². The van der Waals surface area contributed by atoms with Gasteiger partial charge < -0.3 is 10.1 Å². The van der Waals surface area contributed by atoms with Crippen LogP contribution in [0, 0.1) is 0 Å². The van der Waals surface area contributed by atoms with Crippen LogP contribution in [0.1, 0.15) is 18.4 Å². The Morgan fingerprint density at radius 3 is 2.74 bits per heavy atom. The summed E-state index contributed by atoms with van der Waals surface area (Å²) in [7, 11) is 0. The van der Waals surface area contributed by atoms with Crippen LogP contribution in [0.15, 0.2) is 54.6 Å². The van der Waals surface area contributed by atoms with Gasteiger partial charge in [-0.2, -0.15) is 0 Å². The third-order valence-electron chi connectivity index (χ3n) is 3.96. The fourth-order valence-electron chi connectivity index (χ4n) is 2.81. The van der Waals surface area contributed by atoms with Crippen molar-refractivity contribution >= 4 is 11.7 Å². The van der Waals surface area contributed by atoms with E-state index in [-0.39, 0.29) is 6.03 Å². The summed E-state index contributed by atoms with van der Waals surface area (Å²) >= 11 is 0. The van der Waals surface area contributed by atoms with E-state index in [1.165, 1.54) is 5.56 Å². The molecule has 0 bridgehead atoms. The van der Waals surface area contributed by atoms with Gasteiger partial charge in [-0.25, -0.2) is 4.79 Å². The van der Waals surface area contributed by atoms with Crippen molar-refractivity contribution in [3.63, 3.8) is 0 Å². The van der Waals surface area contributed by atoms with Crippen molar-refractivity contribution in [3.05, 3.63) is 60.2 Å². The number of carbonyl (C=O) groups excluding carboxylic acids is 1. The number of hydrogen-bond acceptors (Lipinski definition) is 2. The Morgan fingerprint density at radius 1 is 1.09 bits per heavy atom. The molecule has 0 saturated heterocycles. The largest absolute Gasteiger partial charge is 0.494 e. The Balaban J connectivity index is 1.43. The first-order valence-corrected chi connectivity index (χ1v) is 8.16. The normalized spacial score (nSPS) is 13.3. The minimum absolute atomic E-state index is 0.0168. The van der Waals surface area contributed by atoms with Crippen LogP contribution in [0.25, 0.3) is 0 Å². The van der Waals surface area contributed by atoms with Crippen molar-refractivity contribution in [2.24, 2.45) is 0 Å². The van der Waals surface area contributed by atoms with E-state index in [1.54, 1.807) is 0 Å². The molecule has 4 nitrogen and oxygen atoms in total. The lowest BCUT2D eigenvalue weighted by molar-refractivity contribution is 0.244. The molecule has 3 rings (SSSR count). The van der Waals surface area contributed by atoms with E-state index >= 15 is 0 Å². The molecule has 1 N–H and O–H groups in total. The smallest absolute Gasteiger partial charge is 0.321 e. The van der Waals surface area contributed by atoms with Gasteiger partial charge in [-0.1, -0.05) is 36.4 Å². The van der Waals surface area contributed by atoms with Crippen molar-refractivity contribution in [1.82, 2.24) is 5.32 Å². The Kier molecular flexibility index (Phi) is 5.14. The van der Waals surface area contributed by atoms with Crippen LogP contribution in [-0.2, 0) is 6.42 Å². The maximum absolute atomic E-state index is 12.4. The summed E-state index contributed by atoms with van der Waals surface area (Å²) in [6, 6.07) is 17.8. The minimum atomic E-state index is -0.0168. The molecule has 0 aliphatic carbocycles. The lowest BCUT2D eigenvalue weighted by Gasteiger charge is -2.29. The van der Waals surface area contributed by atoms with Gasteiger partial charge in [0.25, 0.3) is 0 Å². The van der Waals surface area contributed by atoms with E-state index in [1.807, 2.05) is 53.4 Å². The fourth-order valence-corrected chi connectivity index (χ4v) is 2.81. The van der Waals surface area contributed by atoms with Gasteiger partial charge in [0.2, 0.25) is 0 Å². The van der Waals surface area contributed by atoms with Gasteiger partial charge in [0.05, 0.1) is 6.61 Å². The molecule has 2 aromatic rings. The molecule has 0 fully saturated rings. The second-order valence-corrected chi connectivity index (χ2v) is 5.63. The molecule has 2 amide bonds. The van der Waals surface area contributed by atoms with Gasteiger partial charge in [0.1, 0.15) is 5.75 Å². The summed E-state index contributed by atoms with van der Waals surface area (Å²) in [6.07, 6.45) is 2.85. The molecule has 23 heavy (non-hydrogen) atoms. The molecule has 4 heteroatoms. The predicted molar refractivity (Wildman–Crippen MR) is 92.1 cm³/mol. The fraction of sp³-hybridized carbons (Fsp3) is 0.316. The monoisotopic (exact) mass is 310 g/mol. The number of urea groups is 1. The highest BCUT2D eigenvalue weighted by Gasteiger charge is 2.21. The minimum Gasteiger partial charge on any atom is -0.494 e. The molecule has 0 radical (unpaired) electrons. The second-order valence-electron chi connectivity index (χ2n) is 5.63. The second kappa shape index (κ2) is 7.68. The number of anilines is 1. The zero-order valence-corrected chi connectivity index (χ0v) is 13.2. The van der Waals surface area contributed by atoms with Crippen molar-refractivity contribution < 1.29 is 9.53 Å². The lowest BCUT2D eigenvalue weighted by Crippen LogP contribution is -2.43. The Morgan fingerprint density at radius 2 is 1.87 bits per heavy atom. The Labute approximate surface area is 137 Å². The molecular weight excluding hydrogens is 288 g/mol. The van der Waals surface area contributed by atoms with Gasteiger partial charge in [0, 0.05) is 18.8 Å². The predicted octanol–water partition coefficient (Wildman–Crippen LogP) is 3.62. The SMILES string of the molecule is O=C(NCCCOc1ccccc1)N1CCCc2ccccc21. The molecule has 2 aromatic carbocycles. The highest BCUT2D eigenvalue weighted by molar-refractivity contribution is 5.93. The van der Waals surface area contributed by atoms with Crippen LogP contribution in [0.5, 0.6) is 5.75 Å². The average molecular weight is 310 g/mol. The third kappa shape index (κ3) is 4.03. The number of amides is 2. The number of nitrogens with zero attached hydrogens (tertiary/aromatic N) is 1. The van der Waals surface area contributed by atoms with Crippen molar-refractivity contribution in [1.29, 1.82) is 0 Å². The van der Waals surface area contributed by atoms with E-state index in [0.29, 0.717) is 13.2 Å². The Hall–Kier alpha value is -2.49. The molecule has 1 aliphatic rings. The highest BCUT2D eigenvalue weighted by Crippen LogP contribution is 2.26. The number of para-hydroxylation sites is 2. The molecule has 1 aliphatic heterocycles. The van der Waals surface area contributed by atoms with Crippen molar-refractivity contribution in [3.8, 4) is 5.75 Å². The maximum Gasteiger partial charge on any atom is 0.321 e. The standard InChI is InChI=1S/C19H22N2O2/c22-19(20-13-7-15-23-17-10-2-1-3-11-17)21-14-6-9-16-8-4-5-12-18(16)21/h1-5,8,10-12H,6-7,9,13-15H2,(H,20,22). The molecule has 0 spiro atoms. The maximum atomic E-state index is 12.4. The summed E-state index contributed by atoms with van der Waals surface area (Å²) in [6.45, 7) is 1.99. The summed E-state index contributed by atoms with van der Waals surface area (Å²) in [5, 5.41) is 2.99. The van der Waals surface area contributed by atoms with E-state index in [2.05, 4.69) is 11.4 Å². The van der Waals surface area contributed by atoms with Gasteiger partial charge in [-0.15, -0.1) is 0 Å². The van der Waals surface area contributed by atoms with E-state index in [0.717, 1.165) is 37.2 Å². The molecule has 1 heterocycles. The first-order valence-electron chi connectivity index (χ1n) is 8.16. The van der Waals surface area contributed by atoms with Crippen LogP contribution in [0.3, 0.4) is 0 Å². The molecule has 120 valence electrons. The number of benzene rings is 2. The molecule has 0 aromatic heterocycles. The van der Waals surface area contributed by atoms with Gasteiger partial charge in [0.15, 0.2) is 0 Å². The zero-order chi connectivity index (χ0) is 15.9. The van der Waals surface area contributed by atoms with E-state index in [9.17, 15) is 4.79 Å². The summed E-state index contributed by atoms with van der Waals surface area (Å²) in [5.74, 6) is 0.865. The number of fused-ring (bicyclic) bond motifs is 1. The van der Waals surface area contributed by atoms with Crippen LogP contribution in [0.4, 0.5) is 10.5 Å². The molecule has 0 unspecified atom stereocenters. The average Bonchev–Trinajstić information content (AvgIpc) is 2.61. The number of rotatable bonds is 5. The lowest BCUT2D eigenvalue weighted by atomic mass is 10.0. The topological polar surface area (TPSA) is 41.6 Å². The number of nitrogens with one attached hydrogen (secondary N) is 1. The van der Waals surface area contributed by atoms with E-state index in [4.69, 9.17) is 4.74 Å². The zero-order valence-electron chi connectivity index (χ0n) is 13.2. The van der Waals surface area contributed by atoms with Crippen molar-refractivity contribution in [2.45, 2.75) is 19.3 Å². The van der Waals surface area contributed by atoms with Crippen LogP contribution < -0.4 is 15.0 Å².